The average molecular weight is 2030 g/mol. The number of nitrogens with zero attached hydrogens (tertiary/aromatic N) is 14. The molecule has 25 nitrogen and oxygen atoms in total. The Morgan fingerprint density at radius 2 is 0.688 bits per heavy atom. The van der Waals surface area contributed by atoms with Crippen LogP contribution in [0.25, 0.3) is 76.6 Å². The van der Waals surface area contributed by atoms with E-state index in [9.17, 15) is 102 Å². The van der Waals surface area contributed by atoms with Crippen LogP contribution >= 0.6 is 0 Å². The number of halogens is 18. The van der Waals surface area contributed by atoms with Crippen LogP contribution in [0, 0.1) is 35.5 Å². The molecule has 18 rings (SSSR count). The SMILES string of the molecule is CCOC(=O)C1CCC(O)CC1.CCOC(=O)C1CCC(n2c(C(F)(F)F)nc3ccccc32)CC1.CS(=O)(=O)OCC1CCC(n2c(C(F)(F)F)nc3ccccc32)CC1.FC(F)(F)c1nc2ccccc2[nH]1.NCC1CCC(n2c(C(F)(F)F)nc3ccccc32)CC1.OCC1CCC(n2c(C(F)(F)F)nc3ccccc32)CC1.[AlH3].[H-].[Li+].[N-]=[N+]=NCC1CCC(n2c(C(F)(F)F)nc3ccccc32)CC1. The van der Waals surface area contributed by atoms with E-state index in [4.69, 9.17) is 30.0 Å². The number of aromatic nitrogens is 12. The zero-order valence-electron chi connectivity index (χ0n) is 78.3. The number of hydrogen-bond donors (Lipinski definition) is 4. The van der Waals surface area contributed by atoms with Crippen LogP contribution in [0.3, 0.4) is 0 Å². The maximum Gasteiger partial charge on any atom is 1.00 e. The summed E-state index contributed by atoms with van der Waals surface area (Å²) in [7, 11) is -3.50. The number of fused-ring (bicyclic) bond motifs is 6. The first-order chi connectivity index (χ1) is 65.9. The Labute approximate surface area is 824 Å². The van der Waals surface area contributed by atoms with Crippen LogP contribution in [0.5, 0.6) is 0 Å². The number of imidazole rings is 6. The molecule has 0 saturated heterocycles. The Balaban J connectivity index is 0.000000186. The number of para-hydroxylation sites is 12. The van der Waals surface area contributed by atoms with E-state index in [-0.39, 0.29) is 129 Å². The van der Waals surface area contributed by atoms with Crippen molar-refractivity contribution < 1.29 is 141 Å². The van der Waals surface area contributed by atoms with E-state index in [1.807, 2.05) is 6.92 Å². The van der Waals surface area contributed by atoms with E-state index in [0.29, 0.717) is 175 Å². The maximum absolute atomic E-state index is 13.4. The molecule has 0 atom stereocenters. The number of nitrogens with two attached hydrogens (primary N) is 1. The topological polar surface area (TPSA) is 329 Å². The van der Waals surface area contributed by atoms with Gasteiger partial charge in [-0.05, 0) is 276 Å². The number of azide groups is 1. The van der Waals surface area contributed by atoms with Gasteiger partial charge in [0.15, 0.2) is 17.4 Å². The van der Waals surface area contributed by atoms with E-state index < -0.39 is 82.1 Å². The number of carbonyl (C=O) groups excluding carboxylic acids is 2. The van der Waals surface area contributed by atoms with E-state index in [1.165, 1.54) is 28.9 Å². The molecular weight excluding hydrogens is 1920 g/mol. The van der Waals surface area contributed by atoms with Crippen molar-refractivity contribution in [3.63, 3.8) is 0 Å². The Morgan fingerprint density at radius 1 is 0.418 bits per heavy atom. The molecule has 0 spiro atoms. The summed E-state index contributed by atoms with van der Waals surface area (Å²) < 4.78 is 280. The zero-order valence-corrected chi connectivity index (χ0v) is 78.1. The first-order valence-corrected chi connectivity index (χ1v) is 48.1. The molecule has 6 fully saturated rings. The smallest absolute Gasteiger partial charge is 1.00 e. The summed E-state index contributed by atoms with van der Waals surface area (Å²) in [4.78, 5) is 50.3. The predicted octanol–water partition coefficient (Wildman–Crippen LogP) is 20.3. The van der Waals surface area contributed by atoms with Gasteiger partial charge in [-0.25, -0.2) is 29.9 Å². The van der Waals surface area contributed by atoms with Crippen LogP contribution in [0.15, 0.2) is 151 Å². The third-order valence-electron chi connectivity index (χ3n) is 26.1. The van der Waals surface area contributed by atoms with Gasteiger partial charge in [0.1, 0.15) is 0 Å². The summed E-state index contributed by atoms with van der Waals surface area (Å²) in [5.41, 5.74) is 19.2. The van der Waals surface area contributed by atoms with Gasteiger partial charge >= 0.3 is 67.9 Å². The fourth-order valence-electron chi connectivity index (χ4n) is 19.3. The fraction of sp³-hybridized carbons (Fsp3) is 0.537. The van der Waals surface area contributed by atoms with Gasteiger partial charge in [-0.3, -0.25) is 13.8 Å². The molecule has 5 N–H and O–H groups in total. The van der Waals surface area contributed by atoms with Crippen molar-refractivity contribution in [1.29, 1.82) is 0 Å². The Bertz CT molecular complexity index is 6070. The van der Waals surface area contributed by atoms with Crippen molar-refractivity contribution in [2.24, 2.45) is 46.4 Å². The third-order valence-corrected chi connectivity index (χ3v) is 26.7. The van der Waals surface area contributed by atoms with Gasteiger partial charge in [0.25, 0.3) is 10.1 Å². The van der Waals surface area contributed by atoms with Crippen molar-refractivity contribution in [1.82, 2.24) is 57.7 Å². The summed E-state index contributed by atoms with van der Waals surface area (Å²) >= 11 is 0. The van der Waals surface area contributed by atoms with Gasteiger partial charge in [-0.2, -0.15) is 87.4 Å². The first-order valence-electron chi connectivity index (χ1n) is 46.3. The molecule has 6 aliphatic rings. The maximum atomic E-state index is 13.4. The second-order valence-electron chi connectivity index (χ2n) is 35.6. The minimum Gasteiger partial charge on any atom is -1.00 e. The quantitative estimate of drug-likeness (QED) is 0.0133. The predicted molar refractivity (Wildman–Crippen MR) is 493 cm³/mol. The van der Waals surface area contributed by atoms with Gasteiger partial charge in [0, 0.05) is 48.3 Å². The molecule has 141 heavy (non-hydrogen) atoms. The third kappa shape index (κ3) is 29.7. The zero-order chi connectivity index (χ0) is 101. The van der Waals surface area contributed by atoms with E-state index in [2.05, 4.69) is 44.9 Å². The molecule has 0 unspecified atom stereocenters. The van der Waals surface area contributed by atoms with Crippen LogP contribution in [-0.2, 0) is 70.4 Å². The minimum absolute atomic E-state index is 0. The van der Waals surface area contributed by atoms with E-state index in [0.717, 1.165) is 83.3 Å². The number of benzene rings is 6. The number of alkyl halides is 18. The second-order valence-corrected chi connectivity index (χ2v) is 37.2. The van der Waals surface area contributed by atoms with Crippen LogP contribution in [-0.4, -0.2) is 158 Å². The molecule has 46 heteroatoms. The first kappa shape index (κ1) is 113. The van der Waals surface area contributed by atoms with Crippen molar-refractivity contribution in [3.05, 3.63) is 191 Å². The van der Waals surface area contributed by atoms with Crippen molar-refractivity contribution in [3.8, 4) is 0 Å². The second kappa shape index (κ2) is 49.6. The fourth-order valence-corrected chi connectivity index (χ4v) is 19.8. The normalized spacial score (nSPS) is 22.0. The van der Waals surface area contributed by atoms with E-state index in [1.54, 1.807) is 146 Å². The van der Waals surface area contributed by atoms with Gasteiger partial charge in [-0.15, -0.1) is 0 Å². The molecule has 6 saturated carbocycles. The average Bonchev–Trinajstić information content (AvgIpc) is 1.63. The Morgan fingerprint density at radius 3 is 0.957 bits per heavy atom. The number of hydrogen-bond acceptors (Lipinski definition) is 17. The van der Waals surface area contributed by atoms with E-state index >= 15 is 0 Å². The summed E-state index contributed by atoms with van der Waals surface area (Å²) in [6, 6.07) is 38.7. The number of nitrogens with one attached hydrogen (secondary N) is 1. The van der Waals surface area contributed by atoms with Crippen molar-refractivity contribution in [2.45, 2.75) is 241 Å². The van der Waals surface area contributed by atoms with Crippen LogP contribution in [0.4, 0.5) is 79.0 Å². The van der Waals surface area contributed by atoms with Gasteiger partial charge in [0.05, 0.1) is 110 Å². The number of H-pyrrole nitrogens is 1. The molecule has 0 radical (unpaired) electrons. The molecule has 12 aromatic rings. The van der Waals surface area contributed by atoms with Gasteiger partial charge in [0.2, 0.25) is 34.9 Å². The summed E-state index contributed by atoms with van der Waals surface area (Å²) in [6.07, 6.45) is -9.77. The number of rotatable bonds is 16. The van der Waals surface area contributed by atoms with Crippen LogP contribution in [0.1, 0.15) is 235 Å². The van der Waals surface area contributed by atoms with Crippen LogP contribution in [0.2, 0.25) is 0 Å². The number of esters is 2. The minimum atomic E-state index is -4.52. The Hall–Kier alpha value is -9.95. The standard InChI is InChI=1S/C17H19F3N2O2.C16H19F3N2O3S.C15H16F3N5.C15H18F3N3.C15H17F3N2O.C9H16O3.C8H5F3N2.Al.Li.4H/c1-2-24-15(23)11-7-9-12(10-8-11)22-14-6-4-3-5-13(14)21-16(22)17(18,19)20;1-25(22,23)24-10-11-6-8-12(9-7-11)21-14-5-3-2-4-13(14)20-15(21)16(17,18)19;16-15(17,18)14-21-12-3-1-2-4-13(12)23(14)11-7-5-10(6-8-11)9-20-22-19;16-15(17,18)14-20-12-3-1-2-4-13(12)21(14)11-7-5-10(9-19)6-8-11;16-15(17,18)14-19-12-3-1-2-4-13(12)20(14)11-7-5-10(9-21)6-8-11;1-2-12-9(11)7-3-5-8(10)6-4-7;9-8(10,11)7-12-5-3-1-2-4-6(5)13-7;;;;;;/h3-6,11-12H,2,7-10H2,1H3;2-5,11-12H,6-10H2,1H3;1-4,10-11H,5-9H2;1-4,10-11H,5-9,19H2;1-4,10-11,21H,5-9H2;7-8,10H,2-6H2,1H3;1-4H,(H,12,13);;;;;;/q;;;;;;;;+1;;;;-1. The molecule has 6 aromatic carbocycles. The molecular formula is C95H114AlF18LiN16O9S. The summed E-state index contributed by atoms with van der Waals surface area (Å²) in [5.74, 6) is -4.67. The monoisotopic (exact) mass is 2030 g/mol. The van der Waals surface area contributed by atoms with Crippen molar-refractivity contribution in [2.75, 3.05) is 45.8 Å². The number of aromatic amines is 1. The summed E-state index contributed by atoms with van der Waals surface area (Å²) in [5, 5.41) is 21.9. The number of aliphatic hydroxyl groups excluding tert-OH is 2. The molecule has 0 aliphatic heterocycles. The Kier molecular flexibility index (Phi) is 39.7. The number of ether oxygens (including phenoxy) is 2. The van der Waals surface area contributed by atoms with Gasteiger partial charge in [-0.1, -0.05) is 77.9 Å². The largest absolute Gasteiger partial charge is 1.00 e. The number of aliphatic hydroxyl groups is 2. The molecule has 6 heterocycles. The summed E-state index contributed by atoms with van der Waals surface area (Å²) in [6.45, 7) is 5.57. The molecule has 6 aliphatic carbocycles. The van der Waals surface area contributed by atoms with Gasteiger partial charge < -0.3 is 54.7 Å². The molecule has 0 amide bonds. The molecule has 764 valence electrons. The van der Waals surface area contributed by atoms with Crippen LogP contribution < -0.4 is 24.6 Å². The molecule has 6 aromatic heterocycles. The van der Waals surface area contributed by atoms with Crippen molar-refractivity contribution >= 4 is 106 Å². The number of carbonyl (C=O) groups is 2. The molecule has 0 bridgehead atoms.